The minimum atomic E-state index is -0.664. The van der Waals surface area contributed by atoms with Crippen molar-refractivity contribution < 1.29 is 19.4 Å². The van der Waals surface area contributed by atoms with Crippen LogP contribution < -0.4 is 10.6 Å². The third-order valence-electron chi connectivity index (χ3n) is 4.15. The molecule has 0 bridgehead atoms. The highest BCUT2D eigenvalue weighted by Crippen LogP contribution is 2.14. The quantitative estimate of drug-likeness (QED) is 0.534. The molecular formula is C14H23N5O4. The number of hydrogen-bond donors (Lipinski definition) is 4. The maximum atomic E-state index is 12.0. The second-order valence-corrected chi connectivity index (χ2v) is 5.71. The number of rotatable bonds is 5. The molecule has 0 spiro atoms. The number of morpholine rings is 1. The minimum Gasteiger partial charge on any atom is -0.389 e. The van der Waals surface area contributed by atoms with E-state index in [0.29, 0.717) is 46.0 Å². The van der Waals surface area contributed by atoms with E-state index in [1.54, 1.807) is 17.4 Å². The maximum absolute atomic E-state index is 12.0. The summed E-state index contributed by atoms with van der Waals surface area (Å²) >= 11 is 0. The first-order chi connectivity index (χ1) is 11.2. The van der Waals surface area contributed by atoms with Crippen molar-refractivity contribution in [3.63, 3.8) is 0 Å². The van der Waals surface area contributed by atoms with Gasteiger partial charge in [0.05, 0.1) is 38.3 Å². The molecule has 23 heavy (non-hydrogen) atoms. The monoisotopic (exact) mass is 325 g/mol. The third-order valence-corrected chi connectivity index (χ3v) is 4.15. The molecule has 3 heterocycles. The number of nitrogens with one attached hydrogen (secondary N) is 3. The summed E-state index contributed by atoms with van der Waals surface area (Å²) in [4.78, 5) is 20.7. The predicted molar refractivity (Wildman–Crippen MR) is 80.8 cm³/mol. The van der Waals surface area contributed by atoms with Crippen LogP contribution >= 0.6 is 0 Å². The van der Waals surface area contributed by atoms with Crippen LogP contribution in [0.5, 0.6) is 0 Å². The molecule has 2 amide bonds. The number of aliphatic hydroxyl groups excluding tert-OH is 1. The van der Waals surface area contributed by atoms with Gasteiger partial charge in [0.25, 0.3) is 0 Å². The lowest BCUT2D eigenvalue weighted by Crippen LogP contribution is -2.50. The fourth-order valence-corrected chi connectivity index (χ4v) is 2.73. The molecule has 0 saturated carbocycles. The van der Waals surface area contributed by atoms with Gasteiger partial charge in [0, 0.05) is 38.1 Å². The van der Waals surface area contributed by atoms with Gasteiger partial charge in [0.2, 0.25) is 0 Å². The van der Waals surface area contributed by atoms with Crippen LogP contribution in [0.2, 0.25) is 0 Å². The van der Waals surface area contributed by atoms with Crippen molar-refractivity contribution in [2.75, 3.05) is 39.5 Å². The molecule has 9 nitrogen and oxygen atoms in total. The van der Waals surface area contributed by atoms with E-state index >= 15 is 0 Å². The molecule has 128 valence electrons. The van der Waals surface area contributed by atoms with Gasteiger partial charge in [-0.3, -0.25) is 0 Å². The number of carbonyl (C=O) groups is 1. The Balaban J connectivity index is 1.39. The van der Waals surface area contributed by atoms with E-state index in [9.17, 15) is 9.90 Å². The van der Waals surface area contributed by atoms with E-state index in [2.05, 4.69) is 20.6 Å². The fraction of sp³-hybridized carbons (Fsp3) is 0.714. The van der Waals surface area contributed by atoms with E-state index in [-0.39, 0.29) is 12.1 Å². The second-order valence-electron chi connectivity index (χ2n) is 5.71. The summed E-state index contributed by atoms with van der Waals surface area (Å²) in [7, 11) is 0. The van der Waals surface area contributed by atoms with Crippen molar-refractivity contribution in [2.24, 2.45) is 0 Å². The van der Waals surface area contributed by atoms with Crippen molar-refractivity contribution in [2.45, 2.75) is 24.8 Å². The first kappa shape index (κ1) is 16.2. The third kappa shape index (κ3) is 4.20. The fourth-order valence-electron chi connectivity index (χ4n) is 2.73. The normalized spacial score (nSPS) is 28.0. The molecule has 2 saturated heterocycles. The van der Waals surface area contributed by atoms with E-state index in [1.165, 1.54) is 0 Å². The highest BCUT2D eigenvalue weighted by Gasteiger charge is 2.36. The van der Waals surface area contributed by atoms with Crippen LogP contribution in [0.15, 0.2) is 12.5 Å². The van der Waals surface area contributed by atoms with Crippen LogP contribution in [0.4, 0.5) is 4.79 Å². The van der Waals surface area contributed by atoms with Crippen molar-refractivity contribution in [1.82, 2.24) is 25.5 Å². The first-order valence-corrected chi connectivity index (χ1v) is 7.85. The molecule has 0 radical (unpaired) electrons. The lowest BCUT2D eigenvalue weighted by atomic mass is 10.1. The molecule has 1 aromatic rings. The van der Waals surface area contributed by atoms with Crippen LogP contribution in [-0.4, -0.2) is 83.7 Å². The van der Waals surface area contributed by atoms with Gasteiger partial charge >= 0.3 is 6.03 Å². The van der Waals surface area contributed by atoms with Crippen molar-refractivity contribution >= 4 is 6.03 Å². The zero-order valence-corrected chi connectivity index (χ0v) is 12.9. The molecule has 0 aliphatic carbocycles. The number of urea groups is 1. The van der Waals surface area contributed by atoms with Crippen LogP contribution in [0, 0.1) is 0 Å². The Labute approximate surface area is 134 Å². The van der Waals surface area contributed by atoms with Crippen LogP contribution in [0.3, 0.4) is 0 Å². The Morgan fingerprint density at radius 3 is 3.04 bits per heavy atom. The molecule has 2 aliphatic rings. The summed E-state index contributed by atoms with van der Waals surface area (Å²) in [6, 6.07) is -0.304. The van der Waals surface area contributed by atoms with Gasteiger partial charge in [0.1, 0.15) is 6.10 Å². The molecule has 3 atom stereocenters. The zero-order valence-electron chi connectivity index (χ0n) is 12.9. The topological polar surface area (TPSA) is 112 Å². The van der Waals surface area contributed by atoms with Crippen LogP contribution in [-0.2, 0) is 16.0 Å². The Hall–Kier alpha value is -1.68. The summed E-state index contributed by atoms with van der Waals surface area (Å²) in [6.07, 6.45) is 2.28. The summed E-state index contributed by atoms with van der Waals surface area (Å²) in [5.74, 6) is 0. The molecule has 2 aliphatic heterocycles. The second kappa shape index (κ2) is 7.73. The molecule has 1 aromatic heterocycles. The van der Waals surface area contributed by atoms with E-state index in [0.717, 1.165) is 5.69 Å². The lowest BCUT2D eigenvalue weighted by Gasteiger charge is -2.27. The Kier molecular flexibility index (Phi) is 5.44. The molecule has 9 heteroatoms. The average molecular weight is 325 g/mol. The Morgan fingerprint density at radius 2 is 2.30 bits per heavy atom. The maximum Gasteiger partial charge on any atom is 0.317 e. The van der Waals surface area contributed by atoms with Crippen molar-refractivity contribution in [3.05, 3.63) is 18.2 Å². The number of carbonyl (C=O) groups excluding carboxylic acids is 1. The standard InChI is InChI=1S/C14H23N5O4/c20-13-11(16-6-10-5-15-9-18-10)8-23-12(13)7-17-14(21)19-1-3-22-4-2-19/h5,9,11-13,16,20H,1-4,6-8H2,(H,15,18)(H,17,21). The average Bonchev–Trinajstić information content (AvgIpc) is 3.22. The first-order valence-electron chi connectivity index (χ1n) is 7.85. The number of ether oxygens (including phenoxy) is 2. The van der Waals surface area contributed by atoms with Crippen molar-refractivity contribution in [1.29, 1.82) is 0 Å². The van der Waals surface area contributed by atoms with Gasteiger partial charge in [0.15, 0.2) is 0 Å². The summed E-state index contributed by atoms with van der Waals surface area (Å²) in [6.45, 7) is 3.60. The largest absolute Gasteiger partial charge is 0.389 e. The van der Waals surface area contributed by atoms with Gasteiger partial charge in [-0.25, -0.2) is 9.78 Å². The summed E-state index contributed by atoms with van der Waals surface area (Å²) < 4.78 is 10.8. The number of aliphatic hydroxyl groups is 1. The predicted octanol–water partition coefficient (Wildman–Crippen LogP) is -1.33. The molecule has 3 rings (SSSR count). The highest BCUT2D eigenvalue weighted by molar-refractivity contribution is 5.74. The van der Waals surface area contributed by atoms with Gasteiger partial charge in [-0.15, -0.1) is 0 Å². The molecule has 3 unspecified atom stereocenters. The number of H-pyrrole nitrogens is 1. The van der Waals surface area contributed by atoms with Gasteiger partial charge in [-0.1, -0.05) is 0 Å². The number of hydrogen-bond acceptors (Lipinski definition) is 6. The molecular weight excluding hydrogens is 302 g/mol. The number of nitrogens with zero attached hydrogens (tertiary/aromatic N) is 2. The highest BCUT2D eigenvalue weighted by atomic mass is 16.5. The summed E-state index contributed by atoms with van der Waals surface area (Å²) in [5, 5.41) is 16.3. The van der Waals surface area contributed by atoms with E-state index in [4.69, 9.17) is 9.47 Å². The summed E-state index contributed by atoms with van der Waals surface area (Å²) in [5.41, 5.74) is 0.946. The van der Waals surface area contributed by atoms with Gasteiger partial charge in [-0.05, 0) is 0 Å². The van der Waals surface area contributed by atoms with Crippen LogP contribution in [0.25, 0.3) is 0 Å². The molecule has 0 aromatic carbocycles. The van der Waals surface area contributed by atoms with Crippen LogP contribution in [0.1, 0.15) is 5.69 Å². The van der Waals surface area contributed by atoms with E-state index < -0.39 is 12.2 Å². The van der Waals surface area contributed by atoms with Crippen molar-refractivity contribution in [3.8, 4) is 0 Å². The van der Waals surface area contributed by atoms with Gasteiger partial charge in [-0.2, -0.15) is 0 Å². The molecule has 2 fully saturated rings. The number of aromatic amines is 1. The minimum absolute atomic E-state index is 0.141. The zero-order chi connectivity index (χ0) is 16.1. The smallest absolute Gasteiger partial charge is 0.317 e. The SMILES string of the molecule is O=C(NCC1OCC(NCc2cnc[nH]2)C1O)N1CCOCC1. The van der Waals surface area contributed by atoms with E-state index in [1.807, 2.05) is 0 Å². The number of amides is 2. The number of aromatic nitrogens is 2. The Bertz CT molecular complexity index is 491. The Morgan fingerprint density at radius 1 is 1.48 bits per heavy atom. The lowest BCUT2D eigenvalue weighted by molar-refractivity contribution is 0.0360. The molecule has 4 N–H and O–H groups in total. The van der Waals surface area contributed by atoms with Gasteiger partial charge < -0.3 is 35.1 Å². The number of imidazole rings is 1.